The molecule has 0 saturated heterocycles. The first-order chi connectivity index (χ1) is 14.7. The highest BCUT2D eigenvalue weighted by Crippen LogP contribution is 2.43. The number of ether oxygens (including phenoxy) is 1. The van der Waals surface area contributed by atoms with E-state index < -0.39 is 18.2 Å². The van der Waals surface area contributed by atoms with Crippen LogP contribution in [0.3, 0.4) is 0 Å². The lowest BCUT2D eigenvalue weighted by Gasteiger charge is -2.37. The van der Waals surface area contributed by atoms with Crippen LogP contribution in [0.1, 0.15) is 67.6 Å². The Morgan fingerprint density at radius 3 is 2.26 bits per heavy atom. The van der Waals surface area contributed by atoms with Gasteiger partial charge in [0.05, 0.1) is 6.42 Å². The van der Waals surface area contributed by atoms with Crippen molar-refractivity contribution in [1.29, 1.82) is 0 Å². The zero-order chi connectivity index (χ0) is 22.6. The van der Waals surface area contributed by atoms with Crippen molar-refractivity contribution < 1.29 is 19.4 Å². The van der Waals surface area contributed by atoms with E-state index in [1.54, 1.807) is 0 Å². The van der Waals surface area contributed by atoms with Crippen LogP contribution in [0.5, 0.6) is 0 Å². The van der Waals surface area contributed by atoms with Crippen molar-refractivity contribution in [3.05, 3.63) is 82.4 Å². The number of hydrogen-bond acceptors (Lipinski definition) is 4. The molecule has 1 N–H and O–H groups in total. The first-order valence-electron chi connectivity index (χ1n) is 10.9. The number of aliphatic hydroxyl groups excluding tert-OH is 1. The van der Waals surface area contributed by atoms with Gasteiger partial charge in [-0.2, -0.15) is 0 Å². The largest absolute Gasteiger partial charge is 0.454 e. The van der Waals surface area contributed by atoms with E-state index in [1.165, 1.54) is 0 Å². The number of benzene rings is 2. The molecule has 164 valence electrons. The van der Waals surface area contributed by atoms with Crippen molar-refractivity contribution in [2.24, 2.45) is 11.3 Å². The zero-order valence-electron chi connectivity index (χ0n) is 18.8. The van der Waals surface area contributed by atoms with Crippen LogP contribution >= 0.6 is 0 Å². The molecule has 0 saturated carbocycles. The number of aryl methyl sites for hydroxylation is 2. The van der Waals surface area contributed by atoms with Crippen LogP contribution in [0.4, 0.5) is 0 Å². The number of allylic oxidation sites excluding steroid dienone is 2. The maximum absolute atomic E-state index is 13.1. The fourth-order valence-electron chi connectivity index (χ4n) is 4.55. The van der Waals surface area contributed by atoms with Gasteiger partial charge in [0.1, 0.15) is 12.4 Å². The van der Waals surface area contributed by atoms with Crippen molar-refractivity contribution >= 4 is 12.3 Å². The molecule has 1 aliphatic rings. The summed E-state index contributed by atoms with van der Waals surface area (Å²) in [5.41, 5.74) is 3.89. The van der Waals surface area contributed by atoms with Crippen molar-refractivity contribution in [3.63, 3.8) is 0 Å². The van der Waals surface area contributed by atoms with E-state index in [0.717, 1.165) is 41.4 Å². The molecule has 3 atom stereocenters. The molecule has 2 aromatic rings. The normalized spacial score (nSPS) is 19.8. The van der Waals surface area contributed by atoms with Gasteiger partial charge in [-0.05, 0) is 59.9 Å². The molecule has 0 bridgehead atoms. The highest BCUT2D eigenvalue weighted by molar-refractivity contribution is 5.78. The molecule has 0 heterocycles. The molecule has 3 rings (SSSR count). The molecule has 4 heteroatoms. The summed E-state index contributed by atoms with van der Waals surface area (Å²) in [6.45, 7) is 8.05. The van der Waals surface area contributed by atoms with Crippen LogP contribution in [-0.4, -0.2) is 17.4 Å². The van der Waals surface area contributed by atoms with Crippen LogP contribution in [0.2, 0.25) is 0 Å². The summed E-state index contributed by atoms with van der Waals surface area (Å²) in [6.07, 6.45) is 2.83. The van der Waals surface area contributed by atoms with Gasteiger partial charge < -0.3 is 9.84 Å². The molecule has 0 spiro atoms. The van der Waals surface area contributed by atoms with Crippen LogP contribution in [0.25, 0.3) is 0 Å². The number of aliphatic hydroxyl groups is 1. The van der Waals surface area contributed by atoms with E-state index in [0.29, 0.717) is 5.57 Å². The Balaban J connectivity index is 1.90. The second-order valence-corrected chi connectivity index (χ2v) is 9.17. The Labute approximate surface area is 184 Å². The van der Waals surface area contributed by atoms with Crippen molar-refractivity contribution in [3.8, 4) is 0 Å². The smallest absolute Gasteiger partial charge is 0.307 e. The summed E-state index contributed by atoms with van der Waals surface area (Å²) in [5, 5.41) is 11.2. The maximum atomic E-state index is 13.1. The highest BCUT2D eigenvalue weighted by Gasteiger charge is 2.37. The zero-order valence-corrected chi connectivity index (χ0v) is 18.8. The molecule has 0 radical (unpaired) electrons. The Bertz CT molecular complexity index is 973. The summed E-state index contributed by atoms with van der Waals surface area (Å²) < 4.78 is 5.95. The minimum Gasteiger partial charge on any atom is -0.454 e. The molecule has 0 fully saturated rings. The molecule has 1 aliphatic carbocycles. The molecule has 0 amide bonds. The van der Waals surface area contributed by atoms with Crippen molar-refractivity contribution in [2.45, 2.75) is 59.2 Å². The van der Waals surface area contributed by atoms with Crippen LogP contribution < -0.4 is 0 Å². The average Bonchev–Trinajstić information content (AvgIpc) is 2.74. The first-order valence-corrected chi connectivity index (χ1v) is 10.9. The molecule has 0 aliphatic heterocycles. The monoisotopic (exact) mass is 420 g/mol. The Hall–Kier alpha value is -2.72. The van der Waals surface area contributed by atoms with Gasteiger partial charge in [-0.25, -0.2) is 0 Å². The quantitative estimate of drug-likeness (QED) is 0.470. The fourth-order valence-corrected chi connectivity index (χ4v) is 4.55. The lowest BCUT2D eigenvalue weighted by molar-refractivity contribution is -0.158. The predicted molar refractivity (Wildman–Crippen MR) is 121 cm³/mol. The second kappa shape index (κ2) is 9.61. The van der Waals surface area contributed by atoms with Gasteiger partial charge in [0.25, 0.3) is 0 Å². The molecule has 4 nitrogen and oxygen atoms in total. The summed E-state index contributed by atoms with van der Waals surface area (Å²) in [4.78, 5) is 24.7. The standard InChI is InChI=1S/C27H32O4/c1-18-10-5-7-13-21(18)25(30)26(22-14-8-6-11-19(22)2)31-24(29)16-23-20(17-28)12-9-15-27(23,3)4/h5-8,10-14,17,23,25-26,30H,9,15-16H2,1-4H3/t23-,25+,26+/m1/s1. The lowest BCUT2D eigenvalue weighted by Crippen LogP contribution is -2.32. The van der Waals surface area contributed by atoms with Gasteiger partial charge in [-0.15, -0.1) is 0 Å². The third-order valence-electron chi connectivity index (χ3n) is 6.57. The summed E-state index contributed by atoms with van der Waals surface area (Å²) in [5.74, 6) is -0.604. The van der Waals surface area contributed by atoms with E-state index in [9.17, 15) is 14.7 Å². The molecular formula is C27H32O4. The Kier molecular flexibility index (Phi) is 7.11. The van der Waals surface area contributed by atoms with Gasteiger partial charge in [0, 0.05) is 5.92 Å². The van der Waals surface area contributed by atoms with Gasteiger partial charge in [-0.3, -0.25) is 9.59 Å². The highest BCUT2D eigenvalue weighted by atomic mass is 16.6. The van der Waals surface area contributed by atoms with Crippen LogP contribution in [0.15, 0.2) is 60.2 Å². The topological polar surface area (TPSA) is 63.6 Å². The minimum atomic E-state index is -0.994. The predicted octanol–water partition coefficient (Wildman–Crippen LogP) is 5.57. The number of rotatable bonds is 7. The van der Waals surface area contributed by atoms with E-state index in [1.807, 2.05) is 68.5 Å². The molecule has 31 heavy (non-hydrogen) atoms. The minimum absolute atomic E-state index is 0.112. The first kappa shape index (κ1) is 23.0. The fraction of sp³-hybridized carbons (Fsp3) is 0.407. The summed E-state index contributed by atoms with van der Waals surface area (Å²) in [6, 6.07) is 15.2. The van der Waals surface area contributed by atoms with Gasteiger partial charge in [0.15, 0.2) is 6.10 Å². The van der Waals surface area contributed by atoms with Crippen molar-refractivity contribution in [1.82, 2.24) is 0 Å². The third kappa shape index (κ3) is 5.13. The third-order valence-corrected chi connectivity index (χ3v) is 6.57. The van der Waals surface area contributed by atoms with E-state index in [4.69, 9.17) is 4.74 Å². The number of hydrogen-bond donors (Lipinski definition) is 1. The number of aldehydes is 1. The van der Waals surface area contributed by atoms with Gasteiger partial charge >= 0.3 is 5.97 Å². The van der Waals surface area contributed by atoms with E-state index >= 15 is 0 Å². The number of carbonyl (C=O) groups is 2. The summed E-state index contributed by atoms with van der Waals surface area (Å²) >= 11 is 0. The Morgan fingerprint density at radius 1 is 1.10 bits per heavy atom. The van der Waals surface area contributed by atoms with Crippen molar-refractivity contribution in [2.75, 3.05) is 0 Å². The SMILES string of the molecule is Cc1ccccc1[C@H](O)[C@@H](OC(=O)C[C@@H]1C(C=O)=CCCC1(C)C)c1ccccc1C. The van der Waals surface area contributed by atoms with E-state index in [2.05, 4.69) is 13.8 Å². The molecule has 2 aromatic carbocycles. The maximum Gasteiger partial charge on any atom is 0.307 e. The lowest BCUT2D eigenvalue weighted by atomic mass is 9.67. The van der Waals surface area contributed by atoms with Gasteiger partial charge in [-0.1, -0.05) is 68.5 Å². The molecule has 0 unspecified atom stereocenters. The molecule has 0 aromatic heterocycles. The average molecular weight is 421 g/mol. The second-order valence-electron chi connectivity index (χ2n) is 9.17. The van der Waals surface area contributed by atoms with E-state index in [-0.39, 0.29) is 17.8 Å². The Morgan fingerprint density at radius 2 is 1.68 bits per heavy atom. The number of carbonyl (C=O) groups excluding carboxylic acids is 2. The van der Waals surface area contributed by atoms with Crippen LogP contribution in [0, 0.1) is 25.2 Å². The molecular weight excluding hydrogens is 388 g/mol. The van der Waals surface area contributed by atoms with Crippen LogP contribution in [-0.2, 0) is 14.3 Å². The number of esters is 1. The summed E-state index contributed by atoms with van der Waals surface area (Å²) in [7, 11) is 0. The van der Waals surface area contributed by atoms with Gasteiger partial charge in [0.2, 0.25) is 0 Å².